The largest absolute Gasteiger partial charge is 0.426 e. The molecule has 1 aromatic heterocycles. The number of ether oxygens (including phenoxy) is 1. The Morgan fingerprint density at radius 3 is 2.78 bits per heavy atom. The van der Waals surface area contributed by atoms with Crippen LogP contribution in [0.15, 0.2) is 24.4 Å². The third kappa shape index (κ3) is 4.65. The van der Waals surface area contributed by atoms with E-state index in [1.807, 2.05) is 0 Å². The van der Waals surface area contributed by atoms with Gasteiger partial charge >= 0.3 is 13.6 Å². The molecule has 7 nitrogen and oxygen atoms in total. The summed E-state index contributed by atoms with van der Waals surface area (Å²) in [5.74, 6) is -0.485. The average molecular weight is 346 g/mol. The van der Waals surface area contributed by atoms with Gasteiger partial charge in [-0.2, -0.15) is 0 Å². The summed E-state index contributed by atoms with van der Waals surface area (Å²) >= 11 is 0. The number of hydrogen-bond donors (Lipinski definition) is 2. The molecule has 2 aromatic rings. The van der Waals surface area contributed by atoms with Crippen molar-refractivity contribution in [2.75, 3.05) is 20.5 Å². The van der Waals surface area contributed by atoms with Crippen molar-refractivity contribution in [3.63, 3.8) is 0 Å². The standard InChI is InChI=1S/C15H21N2O5P/c1-11(18)22-14-6-4-5-13-15(14)12(7-8-16(2)3)9-17(13)10-23(19,20)21/h4-6,9H,7-8,10H2,1-3H3,(H2,19,20,21)/i2D3,3D3. The van der Waals surface area contributed by atoms with Gasteiger partial charge in [-0.15, -0.1) is 0 Å². The molecule has 0 unspecified atom stereocenters. The van der Waals surface area contributed by atoms with Crippen molar-refractivity contribution in [1.82, 2.24) is 9.47 Å². The van der Waals surface area contributed by atoms with Gasteiger partial charge in [0.2, 0.25) is 0 Å². The molecule has 126 valence electrons. The Balaban J connectivity index is 2.53. The Hall–Kier alpha value is -1.66. The predicted molar refractivity (Wildman–Crippen MR) is 87.5 cm³/mol. The summed E-state index contributed by atoms with van der Waals surface area (Å²) in [5.41, 5.74) is 0.750. The first-order valence-corrected chi connectivity index (χ1v) is 8.51. The number of likely N-dealkylation sites (N-methyl/N-ethyl adjacent to an activating group) is 1. The first kappa shape index (κ1) is 11.0. The molecule has 23 heavy (non-hydrogen) atoms. The summed E-state index contributed by atoms with van der Waals surface area (Å²) in [7, 11) is -4.45. The van der Waals surface area contributed by atoms with Crippen LogP contribution in [-0.4, -0.2) is 45.7 Å². The van der Waals surface area contributed by atoms with E-state index < -0.39 is 33.8 Å². The second kappa shape index (κ2) is 6.84. The average Bonchev–Trinajstić information content (AvgIpc) is 2.81. The van der Waals surface area contributed by atoms with Gasteiger partial charge in [-0.3, -0.25) is 9.36 Å². The van der Waals surface area contributed by atoms with E-state index in [0.29, 0.717) is 21.4 Å². The molecule has 2 N–H and O–H groups in total. The van der Waals surface area contributed by atoms with Crippen LogP contribution in [0, 0.1) is 0 Å². The number of aromatic nitrogens is 1. The maximum Gasteiger partial charge on any atom is 0.345 e. The lowest BCUT2D eigenvalue weighted by Gasteiger charge is -2.09. The van der Waals surface area contributed by atoms with Crippen LogP contribution in [0.4, 0.5) is 0 Å². The van der Waals surface area contributed by atoms with E-state index in [-0.39, 0.29) is 18.7 Å². The highest BCUT2D eigenvalue weighted by Crippen LogP contribution is 2.40. The molecule has 0 aliphatic rings. The highest BCUT2D eigenvalue weighted by Gasteiger charge is 2.20. The van der Waals surface area contributed by atoms with Gasteiger partial charge in [-0.1, -0.05) is 6.07 Å². The van der Waals surface area contributed by atoms with E-state index in [9.17, 15) is 19.1 Å². The second-order valence-electron chi connectivity index (χ2n) is 5.08. The monoisotopic (exact) mass is 346 g/mol. The fraction of sp³-hybridized carbons (Fsp3) is 0.400. The van der Waals surface area contributed by atoms with E-state index in [2.05, 4.69) is 0 Å². The van der Waals surface area contributed by atoms with Crippen LogP contribution in [0.2, 0.25) is 0 Å². The number of nitrogens with zero attached hydrogens (tertiary/aromatic N) is 2. The minimum absolute atomic E-state index is 0.0697. The molecule has 0 atom stereocenters. The Morgan fingerprint density at radius 2 is 2.17 bits per heavy atom. The molecule has 1 aromatic carbocycles. The molecule has 0 aliphatic carbocycles. The molecule has 0 aliphatic heterocycles. The molecule has 0 bridgehead atoms. The maximum absolute atomic E-state index is 11.5. The molecule has 8 heteroatoms. The van der Waals surface area contributed by atoms with Crippen molar-refractivity contribution >= 4 is 24.5 Å². The summed E-state index contributed by atoms with van der Waals surface area (Å²) < 4.78 is 62.6. The number of rotatable bonds is 6. The van der Waals surface area contributed by atoms with Crippen LogP contribution in [0.25, 0.3) is 10.9 Å². The number of carbonyl (C=O) groups is 1. The topological polar surface area (TPSA) is 92.0 Å². The smallest absolute Gasteiger partial charge is 0.345 e. The summed E-state index contributed by atoms with van der Waals surface area (Å²) in [5, 5.41) is 0.354. The van der Waals surface area contributed by atoms with Crippen LogP contribution in [-0.2, 0) is 22.1 Å². The van der Waals surface area contributed by atoms with E-state index >= 15 is 0 Å². The zero-order valence-electron chi connectivity index (χ0n) is 18.4. The molecule has 0 amide bonds. The summed E-state index contributed by atoms with van der Waals surface area (Å²) in [6.45, 7) is -4.92. The lowest BCUT2D eigenvalue weighted by molar-refractivity contribution is -0.131. The SMILES string of the molecule is [2H]C([2H])([2H])N(CCc1cn(CP(=O)(O)O)c2cccc(OC(C)=O)c12)C([2H])([2H])[2H]. The normalized spacial score (nSPS) is 17.0. The second-order valence-corrected chi connectivity index (χ2v) is 6.69. The Kier molecular flexibility index (Phi) is 3.27. The van der Waals surface area contributed by atoms with Gasteiger partial charge in [0.15, 0.2) is 0 Å². The third-order valence-electron chi connectivity index (χ3n) is 3.14. The maximum atomic E-state index is 11.5. The van der Waals surface area contributed by atoms with E-state index in [0.717, 1.165) is 0 Å². The fourth-order valence-corrected chi connectivity index (χ4v) is 3.01. The first-order valence-electron chi connectivity index (χ1n) is 9.71. The van der Waals surface area contributed by atoms with Crippen molar-refractivity contribution < 1.29 is 32.1 Å². The van der Waals surface area contributed by atoms with Gasteiger partial charge < -0.3 is 24.0 Å². The van der Waals surface area contributed by atoms with Crippen LogP contribution in [0.5, 0.6) is 5.75 Å². The summed E-state index contributed by atoms with van der Waals surface area (Å²) in [6.07, 6.45) is 0.683. The van der Waals surface area contributed by atoms with Crippen LogP contribution < -0.4 is 4.74 Å². The highest BCUT2D eigenvalue weighted by atomic mass is 31.2. The van der Waals surface area contributed by atoms with Gasteiger partial charge in [-0.25, -0.2) is 0 Å². The minimum atomic E-state index is -4.45. The lowest BCUT2D eigenvalue weighted by atomic mass is 10.1. The summed E-state index contributed by atoms with van der Waals surface area (Å²) in [6, 6.07) is 4.59. The van der Waals surface area contributed by atoms with Crippen LogP contribution in [0.3, 0.4) is 0 Å². The van der Waals surface area contributed by atoms with Gasteiger partial charge in [0, 0.05) is 33.3 Å². The molecule has 0 saturated heterocycles. The van der Waals surface area contributed by atoms with Crippen molar-refractivity contribution in [1.29, 1.82) is 0 Å². The minimum Gasteiger partial charge on any atom is -0.426 e. The quantitative estimate of drug-likeness (QED) is 0.471. The van der Waals surface area contributed by atoms with Crippen molar-refractivity contribution in [3.05, 3.63) is 30.0 Å². The number of hydrogen-bond acceptors (Lipinski definition) is 4. The number of fused-ring (bicyclic) bond motifs is 1. The number of benzene rings is 1. The van der Waals surface area contributed by atoms with Crippen molar-refractivity contribution in [3.8, 4) is 5.75 Å². The Morgan fingerprint density at radius 1 is 1.43 bits per heavy atom. The number of esters is 1. The van der Waals surface area contributed by atoms with Crippen LogP contribution in [0.1, 0.15) is 20.7 Å². The predicted octanol–water partition coefficient (Wildman–Crippen LogP) is 1.81. The molecule has 0 spiro atoms. The molecule has 0 fully saturated rings. The molecule has 2 rings (SSSR count). The molecular weight excluding hydrogens is 319 g/mol. The first-order chi connectivity index (χ1) is 13.1. The molecule has 0 saturated carbocycles. The van der Waals surface area contributed by atoms with Crippen molar-refractivity contribution in [2.24, 2.45) is 0 Å². The van der Waals surface area contributed by atoms with E-state index in [4.69, 9.17) is 13.0 Å². The fourth-order valence-electron chi connectivity index (χ4n) is 2.38. The zero-order chi connectivity index (χ0) is 22.2. The molecular formula is C15H21N2O5P. The van der Waals surface area contributed by atoms with Gasteiger partial charge in [0.25, 0.3) is 0 Å². The van der Waals surface area contributed by atoms with E-state index in [1.165, 1.54) is 29.8 Å². The molecule has 1 heterocycles. The van der Waals surface area contributed by atoms with Crippen LogP contribution >= 0.6 is 7.60 Å². The van der Waals surface area contributed by atoms with Crippen molar-refractivity contribution in [2.45, 2.75) is 19.6 Å². The Labute approximate surface area is 143 Å². The highest BCUT2D eigenvalue weighted by molar-refractivity contribution is 7.50. The van der Waals surface area contributed by atoms with E-state index in [1.54, 1.807) is 6.07 Å². The lowest BCUT2D eigenvalue weighted by Crippen LogP contribution is -2.15. The van der Waals surface area contributed by atoms with Gasteiger partial charge in [0.05, 0.1) is 5.52 Å². The summed E-state index contributed by atoms with van der Waals surface area (Å²) in [4.78, 5) is 30.5. The zero-order valence-corrected chi connectivity index (χ0v) is 13.3. The third-order valence-corrected chi connectivity index (χ3v) is 3.81. The van der Waals surface area contributed by atoms with Gasteiger partial charge in [-0.05, 0) is 38.1 Å². The Bertz CT molecular complexity index is 935. The van der Waals surface area contributed by atoms with Gasteiger partial charge in [0.1, 0.15) is 12.0 Å². The number of carbonyl (C=O) groups excluding carboxylic acids is 1. The molecule has 0 radical (unpaired) electrons.